The molecule has 8 nitrogen and oxygen atoms in total. The summed E-state index contributed by atoms with van der Waals surface area (Å²) < 4.78 is 5.08. The number of rotatable bonds is 8. The van der Waals surface area contributed by atoms with Crippen LogP contribution in [-0.4, -0.2) is 44.2 Å². The second kappa shape index (κ2) is 10.4. The van der Waals surface area contributed by atoms with E-state index in [9.17, 15) is 14.4 Å². The summed E-state index contributed by atoms with van der Waals surface area (Å²) >= 11 is 1.54. The van der Waals surface area contributed by atoms with E-state index in [1.165, 1.54) is 6.26 Å². The molecule has 4 amide bonds. The molecule has 144 valence electrons. The molecule has 0 aliphatic rings. The first-order chi connectivity index (χ1) is 13.0. The highest BCUT2D eigenvalue weighted by atomic mass is 32.2. The van der Waals surface area contributed by atoms with Gasteiger partial charge in [-0.25, -0.2) is 4.79 Å². The third kappa shape index (κ3) is 7.16. The number of imide groups is 1. The lowest BCUT2D eigenvalue weighted by Crippen LogP contribution is -3.11. The van der Waals surface area contributed by atoms with Gasteiger partial charge in [0.25, 0.3) is 11.8 Å². The minimum absolute atomic E-state index is 0.00817. The number of thioether (sulfide) groups is 1. The Kier molecular flexibility index (Phi) is 7.90. The summed E-state index contributed by atoms with van der Waals surface area (Å²) in [5, 5.41) is 7.59. The van der Waals surface area contributed by atoms with E-state index in [-0.39, 0.29) is 25.5 Å². The summed E-state index contributed by atoms with van der Waals surface area (Å²) in [5.41, 5.74) is 0.740. The Bertz CT molecular complexity index is 779. The Hall–Kier alpha value is -2.78. The normalized spacial score (nSPS) is 11.5. The quantitative estimate of drug-likeness (QED) is 0.490. The minimum atomic E-state index is -0.609. The molecule has 0 spiro atoms. The van der Waals surface area contributed by atoms with Crippen molar-refractivity contribution in [3.05, 3.63) is 48.4 Å². The Morgan fingerprint density at radius 3 is 2.52 bits per heavy atom. The van der Waals surface area contributed by atoms with Crippen LogP contribution < -0.4 is 20.9 Å². The van der Waals surface area contributed by atoms with Gasteiger partial charge in [0.2, 0.25) is 0 Å². The number of likely N-dealkylation sites (N-methyl/N-ethyl adjacent to an activating group) is 1. The number of carbonyl (C=O) groups is 3. The minimum Gasteiger partial charge on any atom is -0.467 e. The molecule has 9 heteroatoms. The zero-order valence-corrected chi connectivity index (χ0v) is 16.0. The van der Waals surface area contributed by atoms with Crippen molar-refractivity contribution in [3.8, 4) is 0 Å². The number of benzene rings is 1. The maximum atomic E-state index is 12.2. The zero-order chi connectivity index (χ0) is 19.6. The van der Waals surface area contributed by atoms with Gasteiger partial charge in [-0.1, -0.05) is 12.1 Å². The standard InChI is InChI=1S/C18H22N4O4S/c1-22(11-16(23)20-14-7-3-4-8-15(14)27-2)12-17(24)21-18(25)19-10-13-6-5-9-26-13/h3-9H,10-12H2,1-2H3,(H,20,23)(H2,19,21,24,25)/p+1. The number of furan rings is 1. The van der Waals surface area contributed by atoms with E-state index in [4.69, 9.17) is 4.42 Å². The molecule has 0 saturated heterocycles. The van der Waals surface area contributed by atoms with Crippen molar-refractivity contribution >= 4 is 35.3 Å². The molecule has 0 saturated carbocycles. The highest BCUT2D eigenvalue weighted by molar-refractivity contribution is 7.98. The van der Waals surface area contributed by atoms with Gasteiger partial charge in [0.1, 0.15) is 5.76 Å². The number of anilines is 1. The van der Waals surface area contributed by atoms with E-state index in [1.807, 2.05) is 30.5 Å². The first-order valence-electron chi connectivity index (χ1n) is 8.32. The number of carbonyl (C=O) groups excluding carboxylic acids is 3. The van der Waals surface area contributed by atoms with E-state index < -0.39 is 11.9 Å². The molecule has 2 rings (SSSR count). The highest BCUT2D eigenvalue weighted by Crippen LogP contribution is 2.24. The van der Waals surface area contributed by atoms with Crippen molar-refractivity contribution in [1.29, 1.82) is 0 Å². The van der Waals surface area contributed by atoms with Gasteiger partial charge in [0.05, 0.1) is 25.5 Å². The molecular formula is C18H23N4O4S+. The van der Waals surface area contributed by atoms with Crippen molar-refractivity contribution in [2.24, 2.45) is 0 Å². The van der Waals surface area contributed by atoms with Gasteiger partial charge in [-0.15, -0.1) is 11.8 Å². The molecule has 1 aromatic heterocycles. The molecular weight excluding hydrogens is 368 g/mol. The molecule has 0 bridgehead atoms. The molecule has 27 heavy (non-hydrogen) atoms. The average Bonchev–Trinajstić information content (AvgIpc) is 3.13. The number of para-hydroxylation sites is 1. The molecule has 2 aromatic rings. The fourth-order valence-electron chi connectivity index (χ4n) is 2.35. The molecule has 0 radical (unpaired) electrons. The molecule has 0 aliphatic carbocycles. The molecule has 1 atom stereocenters. The van der Waals surface area contributed by atoms with Crippen LogP contribution in [0.2, 0.25) is 0 Å². The Morgan fingerprint density at radius 1 is 1.07 bits per heavy atom. The summed E-state index contributed by atoms with van der Waals surface area (Å²) in [6, 6.07) is 10.3. The second-order valence-corrected chi connectivity index (χ2v) is 6.72. The van der Waals surface area contributed by atoms with Crippen molar-refractivity contribution in [1.82, 2.24) is 10.6 Å². The van der Waals surface area contributed by atoms with Crippen LogP contribution in [0.15, 0.2) is 52.0 Å². The predicted octanol–water partition coefficient (Wildman–Crippen LogP) is 0.481. The Morgan fingerprint density at radius 2 is 1.81 bits per heavy atom. The van der Waals surface area contributed by atoms with E-state index in [1.54, 1.807) is 30.9 Å². The van der Waals surface area contributed by atoms with Crippen LogP contribution in [0.4, 0.5) is 10.5 Å². The molecule has 0 fully saturated rings. The lowest BCUT2D eigenvalue weighted by atomic mass is 10.3. The number of hydrogen-bond acceptors (Lipinski definition) is 5. The molecule has 1 unspecified atom stereocenters. The van der Waals surface area contributed by atoms with Gasteiger partial charge in [-0.05, 0) is 30.5 Å². The third-order valence-electron chi connectivity index (χ3n) is 3.56. The number of urea groups is 1. The first-order valence-corrected chi connectivity index (χ1v) is 9.54. The predicted molar refractivity (Wildman–Crippen MR) is 103 cm³/mol. The van der Waals surface area contributed by atoms with Gasteiger partial charge in [-0.3, -0.25) is 14.9 Å². The van der Waals surface area contributed by atoms with Crippen LogP contribution in [0, 0.1) is 0 Å². The van der Waals surface area contributed by atoms with Crippen molar-refractivity contribution in [2.75, 3.05) is 31.7 Å². The number of quaternary nitrogens is 1. The molecule has 1 heterocycles. The Labute approximate surface area is 161 Å². The van der Waals surface area contributed by atoms with Crippen molar-refractivity contribution in [2.45, 2.75) is 11.4 Å². The van der Waals surface area contributed by atoms with Crippen LogP contribution in [0.5, 0.6) is 0 Å². The SMILES string of the molecule is CSc1ccccc1NC(=O)C[NH+](C)CC(=O)NC(=O)NCc1ccco1. The summed E-state index contributed by atoms with van der Waals surface area (Å²) in [4.78, 5) is 37.4. The van der Waals surface area contributed by atoms with Gasteiger partial charge in [0.15, 0.2) is 13.1 Å². The van der Waals surface area contributed by atoms with E-state index in [0.717, 1.165) is 10.6 Å². The van der Waals surface area contributed by atoms with Gasteiger partial charge in [0, 0.05) is 4.90 Å². The van der Waals surface area contributed by atoms with E-state index >= 15 is 0 Å². The van der Waals surface area contributed by atoms with Crippen molar-refractivity contribution in [3.63, 3.8) is 0 Å². The van der Waals surface area contributed by atoms with Crippen LogP contribution in [0.1, 0.15) is 5.76 Å². The van der Waals surface area contributed by atoms with Crippen molar-refractivity contribution < 1.29 is 23.7 Å². The highest BCUT2D eigenvalue weighted by Gasteiger charge is 2.17. The van der Waals surface area contributed by atoms with E-state index in [0.29, 0.717) is 10.7 Å². The maximum absolute atomic E-state index is 12.2. The lowest BCUT2D eigenvalue weighted by molar-refractivity contribution is -0.862. The van der Waals surface area contributed by atoms with Crippen LogP contribution in [0.3, 0.4) is 0 Å². The number of nitrogens with one attached hydrogen (secondary N) is 4. The zero-order valence-electron chi connectivity index (χ0n) is 15.2. The smallest absolute Gasteiger partial charge is 0.321 e. The second-order valence-electron chi connectivity index (χ2n) is 5.87. The van der Waals surface area contributed by atoms with Gasteiger partial charge in [-0.2, -0.15) is 0 Å². The molecule has 0 aliphatic heterocycles. The summed E-state index contributed by atoms with van der Waals surface area (Å²) in [6.45, 7) is 0.280. The van der Waals surface area contributed by atoms with Gasteiger partial charge >= 0.3 is 6.03 Å². The topological polar surface area (TPSA) is 105 Å². The average molecular weight is 391 g/mol. The number of amides is 4. The van der Waals surface area contributed by atoms with Crippen LogP contribution >= 0.6 is 11.8 Å². The first kappa shape index (κ1) is 20.5. The van der Waals surface area contributed by atoms with Gasteiger partial charge < -0.3 is 20.0 Å². The maximum Gasteiger partial charge on any atom is 0.321 e. The fraction of sp³-hybridized carbons (Fsp3) is 0.278. The summed E-state index contributed by atoms with van der Waals surface area (Å²) in [7, 11) is 1.71. The molecule has 4 N–H and O–H groups in total. The largest absolute Gasteiger partial charge is 0.467 e. The van der Waals surface area contributed by atoms with E-state index in [2.05, 4.69) is 16.0 Å². The van der Waals surface area contributed by atoms with Crippen LogP contribution in [-0.2, 0) is 16.1 Å². The monoisotopic (exact) mass is 391 g/mol. The molecule has 1 aromatic carbocycles. The Balaban J connectivity index is 1.72. The lowest BCUT2D eigenvalue weighted by Gasteiger charge is -2.14. The fourth-order valence-corrected chi connectivity index (χ4v) is 2.90. The summed E-state index contributed by atoms with van der Waals surface area (Å²) in [6.07, 6.45) is 3.44. The number of hydrogen-bond donors (Lipinski definition) is 4. The third-order valence-corrected chi connectivity index (χ3v) is 4.36. The van der Waals surface area contributed by atoms with Crippen LogP contribution in [0.25, 0.3) is 0 Å². The summed E-state index contributed by atoms with van der Waals surface area (Å²) in [5.74, 6) is -0.0895.